The summed E-state index contributed by atoms with van der Waals surface area (Å²) in [6.45, 7) is 2.17. The van der Waals surface area contributed by atoms with E-state index in [-0.39, 0.29) is 12.3 Å². The van der Waals surface area contributed by atoms with Gasteiger partial charge in [-0.25, -0.2) is 9.18 Å². The monoisotopic (exact) mass is 253 g/mol. The van der Waals surface area contributed by atoms with Crippen LogP contribution in [0.5, 0.6) is 0 Å². The number of hydrogen-bond donors (Lipinski definition) is 1. The van der Waals surface area contributed by atoms with Crippen LogP contribution in [0.25, 0.3) is 0 Å². The number of Topliss-reactive ketones (excluding diaryl/α,β-unsaturated/α-hetero) is 1. The summed E-state index contributed by atoms with van der Waals surface area (Å²) in [7, 11) is 0. The van der Waals surface area contributed by atoms with Crippen molar-refractivity contribution in [2.24, 2.45) is 0 Å². The first-order valence-corrected chi connectivity index (χ1v) is 5.83. The Balaban J connectivity index is 2.32. The van der Waals surface area contributed by atoms with Gasteiger partial charge < -0.3 is 10.1 Å². The Bertz CT molecular complexity index is 403. The van der Waals surface area contributed by atoms with Crippen LogP contribution in [0.3, 0.4) is 0 Å². The van der Waals surface area contributed by atoms with Crippen molar-refractivity contribution in [2.75, 3.05) is 13.2 Å². The first kappa shape index (κ1) is 14.2. The van der Waals surface area contributed by atoms with Gasteiger partial charge in [-0.1, -0.05) is 13.3 Å². The van der Waals surface area contributed by atoms with Crippen LogP contribution in [-0.4, -0.2) is 25.0 Å². The second-order valence-electron chi connectivity index (χ2n) is 3.77. The largest absolute Gasteiger partial charge is 0.450 e. The number of unbranched alkanes of at least 4 members (excludes halogenated alkanes) is 1. The lowest BCUT2D eigenvalue weighted by Gasteiger charge is -2.05. The summed E-state index contributed by atoms with van der Waals surface area (Å²) in [4.78, 5) is 22.8. The third kappa shape index (κ3) is 4.95. The molecule has 4 nitrogen and oxygen atoms in total. The van der Waals surface area contributed by atoms with Crippen LogP contribution in [0.15, 0.2) is 24.3 Å². The van der Waals surface area contributed by atoms with Crippen LogP contribution in [0.4, 0.5) is 9.18 Å². The maximum Gasteiger partial charge on any atom is 0.407 e. The number of carbonyl (C=O) groups is 2. The van der Waals surface area contributed by atoms with Gasteiger partial charge in [0.2, 0.25) is 0 Å². The number of amides is 1. The fourth-order valence-corrected chi connectivity index (χ4v) is 1.25. The van der Waals surface area contributed by atoms with E-state index >= 15 is 0 Å². The Morgan fingerprint density at radius 2 is 1.94 bits per heavy atom. The molecule has 0 atom stereocenters. The minimum Gasteiger partial charge on any atom is -0.450 e. The lowest BCUT2D eigenvalue weighted by atomic mass is 10.1. The molecule has 98 valence electrons. The van der Waals surface area contributed by atoms with Gasteiger partial charge >= 0.3 is 6.09 Å². The van der Waals surface area contributed by atoms with Gasteiger partial charge in [-0.15, -0.1) is 0 Å². The highest BCUT2D eigenvalue weighted by molar-refractivity contribution is 5.98. The van der Waals surface area contributed by atoms with E-state index in [1.165, 1.54) is 24.3 Å². The van der Waals surface area contributed by atoms with Crippen molar-refractivity contribution in [3.63, 3.8) is 0 Å². The lowest BCUT2D eigenvalue weighted by Crippen LogP contribution is -2.30. The Kier molecular flexibility index (Phi) is 5.84. The van der Waals surface area contributed by atoms with E-state index in [9.17, 15) is 14.0 Å². The number of alkyl carbamates (subject to hydrolysis) is 1. The van der Waals surface area contributed by atoms with E-state index in [0.29, 0.717) is 12.2 Å². The van der Waals surface area contributed by atoms with E-state index < -0.39 is 11.9 Å². The topological polar surface area (TPSA) is 55.4 Å². The van der Waals surface area contributed by atoms with Crippen LogP contribution >= 0.6 is 0 Å². The predicted molar refractivity (Wildman–Crippen MR) is 65.0 cm³/mol. The highest BCUT2D eigenvalue weighted by atomic mass is 19.1. The smallest absolute Gasteiger partial charge is 0.407 e. The van der Waals surface area contributed by atoms with E-state index in [4.69, 9.17) is 4.74 Å². The van der Waals surface area contributed by atoms with Gasteiger partial charge in [0.1, 0.15) is 5.82 Å². The zero-order chi connectivity index (χ0) is 13.4. The summed E-state index contributed by atoms with van der Waals surface area (Å²) >= 11 is 0. The molecular formula is C13H16FNO3. The first-order chi connectivity index (χ1) is 8.63. The van der Waals surface area contributed by atoms with Crippen molar-refractivity contribution in [1.82, 2.24) is 5.32 Å². The third-order valence-electron chi connectivity index (χ3n) is 2.29. The standard InChI is InChI=1S/C13H16FNO3/c1-2-3-8-18-13(17)15-9-12(16)10-4-6-11(14)7-5-10/h4-7H,2-3,8-9H2,1H3,(H,15,17). The SMILES string of the molecule is CCCCOC(=O)NCC(=O)c1ccc(F)cc1. The van der Waals surface area contributed by atoms with Crippen molar-refractivity contribution in [2.45, 2.75) is 19.8 Å². The Morgan fingerprint density at radius 1 is 1.28 bits per heavy atom. The van der Waals surface area contributed by atoms with E-state index in [1.54, 1.807) is 0 Å². The van der Waals surface area contributed by atoms with Crippen molar-refractivity contribution in [3.8, 4) is 0 Å². The number of halogens is 1. The van der Waals surface area contributed by atoms with Crippen LogP contribution in [-0.2, 0) is 4.74 Å². The number of carbonyl (C=O) groups excluding carboxylic acids is 2. The van der Waals surface area contributed by atoms with Gasteiger partial charge in [0, 0.05) is 5.56 Å². The van der Waals surface area contributed by atoms with Gasteiger partial charge in [0.15, 0.2) is 5.78 Å². The van der Waals surface area contributed by atoms with Crippen molar-refractivity contribution in [1.29, 1.82) is 0 Å². The molecule has 0 aromatic heterocycles. The average Bonchev–Trinajstić information content (AvgIpc) is 2.37. The molecule has 0 aliphatic heterocycles. The zero-order valence-electron chi connectivity index (χ0n) is 10.2. The lowest BCUT2D eigenvalue weighted by molar-refractivity contribution is 0.0976. The molecule has 0 saturated carbocycles. The maximum absolute atomic E-state index is 12.6. The number of benzene rings is 1. The number of hydrogen-bond acceptors (Lipinski definition) is 3. The second kappa shape index (κ2) is 7.42. The molecule has 1 N–H and O–H groups in total. The van der Waals surface area contributed by atoms with Crippen LogP contribution in [0.1, 0.15) is 30.1 Å². The summed E-state index contributed by atoms with van der Waals surface area (Å²) < 4.78 is 17.5. The Morgan fingerprint density at radius 3 is 2.56 bits per heavy atom. The van der Waals surface area contributed by atoms with Crippen molar-refractivity contribution >= 4 is 11.9 Å². The van der Waals surface area contributed by atoms with E-state index in [2.05, 4.69) is 5.32 Å². The predicted octanol–water partition coefficient (Wildman–Crippen LogP) is 2.53. The average molecular weight is 253 g/mol. The van der Waals surface area contributed by atoms with Crippen LogP contribution in [0, 0.1) is 5.82 Å². The molecule has 1 aromatic carbocycles. The van der Waals surface area contributed by atoms with E-state index in [0.717, 1.165) is 12.8 Å². The molecule has 1 rings (SSSR count). The van der Waals surface area contributed by atoms with Crippen molar-refractivity contribution in [3.05, 3.63) is 35.6 Å². The number of rotatable bonds is 6. The molecule has 0 aliphatic rings. The fraction of sp³-hybridized carbons (Fsp3) is 0.385. The first-order valence-electron chi connectivity index (χ1n) is 5.83. The second-order valence-corrected chi connectivity index (χ2v) is 3.77. The minimum absolute atomic E-state index is 0.156. The molecule has 0 heterocycles. The van der Waals surface area contributed by atoms with Crippen molar-refractivity contribution < 1.29 is 18.7 Å². The molecule has 18 heavy (non-hydrogen) atoms. The molecule has 0 fully saturated rings. The molecule has 0 radical (unpaired) electrons. The van der Waals surface area contributed by atoms with Gasteiger partial charge in [-0.3, -0.25) is 4.79 Å². The van der Waals surface area contributed by atoms with Gasteiger partial charge in [-0.2, -0.15) is 0 Å². The molecule has 0 aliphatic carbocycles. The molecule has 1 aromatic rings. The zero-order valence-corrected chi connectivity index (χ0v) is 10.2. The molecular weight excluding hydrogens is 237 g/mol. The van der Waals surface area contributed by atoms with Crippen LogP contribution in [0.2, 0.25) is 0 Å². The molecule has 0 unspecified atom stereocenters. The highest BCUT2D eigenvalue weighted by Gasteiger charge is 2.08. The van der Waals surface area contributed by atoms with Gasteiger partial charge in [0.05, 0.1) is 13.2 Å². The molecule has 0 saturated heterocycles. The fourth-order valence-electron chi connectivity index (χ4n) is 1.25. The summed E-state index contributed by atoms with van der Waals surface area (Å²) in [5.74, 6) is -0.694. The number of ether oxygens (including phenoxy) is 1. The maximum atomic E-state index is 12.6. The van der Waals surface area contributed by atoms with Gasteiger partial charge in [0.25, 0.3) is 0 Å². The number of nitrogens with one attached hydrogen (secondary N) is 1. The van der Waals surface area contributed by atoms with E-state index in [1.807, 2.05) is 6.92 Å². The normalized spacial score (nSPS) is 9.89. The quantitative estimate of drug-likeness (QED) is 0.626. The van der Waals surface area contributed by atoms with Crippen LogP contribution < -0.4 is 5.32 Å². The Labute approximate surface area is 105 Å². The summed E-state index contributed by atoms with van der Waals surface area (Å²) in [6, 6.07) is 5.16. The third-order valence-corrected chi connectivity index (χ3v) is 2.29. The Hall–Kier alpha value is -1.91. The summed E-state index contributed by atoms with van der Waals surface area (Å²) in [5.41, 5.74) is 0.352. The summed E-state index contributed by atoms with van der Waals surface area (Å²) in [6.07, 6.45) is 1.11. The highest BCUT2D eigenvalue weighted by Crippen LogP contribution is 2.03. The molecule has 0 bridgehead atoms. The van der Waals surface area contributed by atoms with Gasteiger partial charge in [-0.05, 0) is 30.7 Å². The molecule has 5 heteroatoms. The molecule has 1 amide bonds. The minimum atomic E-state index is -0.612. The molecule has 0 spiro atoms. The number of ketones is 1. The summed E-state index contributed by atoms with van der Waals surface area (Å²) in [5, 5.41) is 2.35.